The van der Waals surface area contributed by atoms with E-state index in [0.29, 0.717) is 5.75 Å². The van der Waals surface area contributed by atoms with Crippen LogP contribution in [0, 0.1) is 16.0 Å². The summed E-state index contributed by atoms with van der Waals surface area (Å²) < 4.78 is 5.04. The monoisotopic (exact) mass is 303 g/mol. The molecule has 0 N–H and O–H groups in total. The van der Waals surface area contributed by atoms with E-state index in [4.69, 9.17) is 4.74 Å². The van der Waals surface area contributed by atoms with Crippen molar-refractivity contribution in [2.45, 2.75) is 25.3 Å². The Morgan fingerprint density at radius 1 is 1.36 bits per heavy atom. The van der Waals surface area contributed by atoms with Crippen molar-refractivity contribution >= 4 is 17.6 Å². The van der Waals surface area contributed by atoms with Gasteiger partial charge in [-0.3, -0.25) is 19.7 Å². The summed E-state index contributed by atoms with van der Waals surface area (Å²) in [7, 11) is 1.56. The minimum absolute atomic E-state index is 0.00236. The summed E-state index contributed by atoms with van der Waals surface area (Å²) in [4.78, 5) is 34.3. The quantitative estimate of drug-likeness (QED) is 0.360. The highest BCUT2D eigenvalue weighted by molar-refractivity contribution is 6.09. The number of rotatable bonds is 5. The Balaban J connectivity index is 2.04. The second-order valence-corrected chi connectivity index (χ2v) is 5.24. The fourth-order valence-corrected chi connectivity index (χ4v) is 2.48. The number of ether oxygens (including phenoxy) is 1. The van der Waals surface area contributed by atoms with E-state index in [-0.39, 0.29) is 30.8 Å². The predicted molar refractivity (Wildman–Crippen MR) is 80.2 cm³/mol. The van der Waals surface area contributed by atoms with Gasteiger partial charge in [-0.1, -0.05) is 18.2 Å². The summed E-state index contributed by atoms with van der Waals surface area (Å²) in [5.41, 5.74) is 0.795. The van der Waals surface area contributed by atoms with Gasteiger partial charge in [0, 0.05) is 24.2 Å². The lowest BCUT2D eigenvalue weighted by Gasteiger charge is -2.20. The average molecular weight is 303 g/mol. The maximum absolute atomic E-state index is 12.1. The van der Waals surface area contributed by atoms with Crippen LogP contribution in [0.2, 0.25) is 0 Å². The normalized spacial score (nSPS) is 21.8. The van der Waals surface area contributed by atoms with Gasteiger partial charge in [-0.15, -0.1) is 0 Å². The Morgan fingerprint density at radius 2 is 2.05 bits per heavy atom. The lowest BCUT2D eigenvalue weighted by Crippen LogP contribution is -2.36. The van der Waals surface area contributed by atoms with Gasteiger partial charge < -0.3 is 4.74 Å². The fraction of sp³-hybridized carbons (Fsp3) is 0.375. The van der Waals surface area contributed by atoms with Crippen LogP contribution in [-0.4, -0.2) is 29.6 Å². The third kappa shape index (κ3) is 3.78. The predicted octanol–water partition coefficient (Wildman–Crippen LogP) is 2.29. The summed E-state index contributed by atoms with van der Waals surface area (Å²) in [6.45, 7) is 0. The van der Waals surface area contributed by atoms with Crippen molar-refractivity contribution in [2.75, 3.05) is 7.11 Å². The Labute approximate surface area is 127 Å². The lowest BCUT2D eigenvalue weighted by molar-refractivity contribution is -0.525. The molecule has 2 unspecified atom stereocenters. The Hall–Kier alpha value is -2.50. The smallest absolute Gasteiger partial charge is 0.214 e. The standard InChI is InChI=1S/C16H17NO5/c1-22-13-6-2-11(3-7-13)4-8-15(18)14-10-12(17(20)21)5-9-16(14)19/h2-4,6-8,12,14H,5,9-10H2,1H3/b8-4+. The SMILES string of the molecule is COc1ccc(/C=C/C(=O)C2CC([N+](=O)[O-])CCC2=O)cc1. The number of hydrogen-bond donors (Lipinski definition) is 0. The molecule has 1 aromatic carbocycles. The highest BCUT2D eigenvalue weighted by Gasteiger charge is 2.37. The van der Waals surface area contributed by atoms with E-state index < -0.39 is 16.9 Å². The van der Waals surface area contributed by atoms with E-state index in [9.17, 15) is 19.7 Å². The van der Waals surface area contributed by atoms with E-state index in [2.05, 4.69) is 0 Å². The number of carbonyl (C=O) groups excluding carboxylic acids is 2. The first-order chi connectivity index (χ1) is 10.5. The number of carbonyl (C=O) groups is 2. The van der Waals surface area contributed by atoms with Crippen LogP contribution in [0.25, 0.3) is 6.08 Å². The van der Waals surface area contributed by atoms with Gasteiger partial charge in [0.25, 0.3) is 0 Å². The fourth-order valence-electron chi connectivity index (χ4n) is 2.48. The third-order valence-corrected chi connectivity index (χ3v) is 3.82. The molecule has 0 aliphatic heterocycles. The molecule has 1 fully saturated rings. The lowest BCUT2D eigenvalue weighted by atomic mass is 9.82. The Kier molecular flexibility index (Phi) is 5.04. The van der Waals surface area contributed by atoms with Crippen molar-refractivity contribution in [2.24, 2.45) is 5.92 Å². The van der Waals surface area contributed by atoms with Crippen LogP contribution in [0.4, 0.5) is 0 Å². The molecule has 0 aromatic heterocycles. The van der Waals surface area contributed by atoms with Crippen LogP contribution >= 0.6 is 0 Å². The number of nitro groups is 1. The number of benzene rings is 1. The molecular formula is C16H17NO5. The molecule has 0 spiro atoms. The molecule has 0 amide bonds. The summed E-state index contributed by atoms with van der Waals surface area (Å²) in [5.74, 6) is -0.756. The van der Waals surface area contributed by atoms with E-state index in [0.717, 1.165) is 5.56 Å². The number of Topliss-reactive ketones (excluding diaryl/α,β-unsaturated/α-hetero) is 1. The molecule has 1 aliphatic carbocycles. The molecule has 6 heteroatoms. The van der Waals surface area contributed by atoms with Gasteiger partial charge in [-0.05, 0) is 23.8 Å². The summed E-state index contributed by atoms with van der Waals surface area (Å²) >= 11 is 0. The molecule has 1 saturated carbocycles. The molecule has 0 bridgehead atoms. The minimum Gasteiger partial charge on any atom is -0.497 e. The van der Waals surface area contributed by atoms with Gasteiger partial charge in [-0.2, -0.15) is 0 Å². The zero-order valence-electron chi connectivity index (χ0n) is 12.2. The van der Waals surface area contributed by atoms with Crippen molar-refractivity contribution in [3.8, 4) is 5.75 Å². The van der Waals surface area contributed by atoms with Gasteiger partial charge in [-0.25, -0.2) is 0 Å². The van der Waals surface area contributed by atoms with Crippen molar-refractivity contribution in [1.82, 2.24) is 0 Å². The molecule has 0 radical (unpaired) electrons. The first-order valence-electron chi connectivity index (χ1n) is 7.03. The molecule has 2 rings (SSSR count). The van der Waals surface area contributed by atoms with Crippen molar-refractivity contribution in [3.05, 3.63) is 46.0 Å². The van der Waals surface area contributed by atoms with Crippen LogP contribution in [0.15, 0.2) is 30.3 Å². The van der Waals surface area contributed by atoms with Crippen molar-refractivity contribution in [1.29, 1.82) is 0 Å². The highest BCUT2D eigenvalue weighted by atomic mass is 16.6. The van der Waals surface area contributed by atoms with Crippen molar-refractivity contribution in [3.63, 3.8) is 0 Å². The summed E-state index contributed by atoms with van der Waals surface area (Å²) in [6, 6.07) is 6.29. The topological polar surface area (TPSA) is 86.5 Å². The molecule has 2 atom stereocenters. The van der Waals surface area contributed by atoms with Gasteiger partial charge in [0.1, 0.15) is 11.5 Å². The van der Waals surface area contributed by atoms with Crippen LogP contribution in [-0.2, 0) is 9.59 Å². The molecule has 116 valence electrons. The van der Waals surface area contributed by atoms with Gasteiger partial charge in [0.15, 0.2) is 5.78 Å². The largest absolute Gasteiger partial charge is 0.497 e. The zero-order chi connectivity index (χ0) is 16.1. The van der Waals surface area contributed by atoms with E-state index in [1.165, 1.54) is 6.08 Å². The average Bonchev–Trinajstić information content (AvgIpc) is 2.53. The molecule has 6 nitrogen and oxygen atoms in total. The maximum Gasteiger partial charge on any atom is 0.214 e. The van der Waals surface area contributed by atoms with Crippen LogP contribution < -0.4 is 4.74 Å². The molecule has 0 saturated heterocycles. The van der Waals surface area contributed by atoms with Gasteiger partial charge >= 0.3 is 0 Å². The maximum atomic E-state index is 12.1. The van der Waals surface area contributed by atoms with Crippen LogP contribution in [0.3, 0.4) is 0 Å². The number of allylic oxidation sites excluding steroid dienone is 1. The van der Waals surface area contributed by atoms with E-state index >= 15 is 0 Å². The number of hydrogen-bond acceptors (Lipinski definition) is 5. The molecular weight excluding hydrogens is 286 g/mol. The highest BCUT2D eigenvalue weighted by Crippen LogP contribution is 2.24. The first kappa shape index (κ1) is 15.9. The molecule has 1 aliphatic rings. The molecule has 22 heavy (non-hydrogen) atoms. The third-order valence-electron chi connectivity index (χ3n) is 3.82. The Morgan fingerprint density at radius 3 is 2.64 bits per heavy atom. The van der Waals surface area contributed by atoms with E-state index in [1.54, 1.807) is 37.5 Å². The summed E-state index contributed by atoms with van der Waals surface area (Å²) in [6.07, 6.45) is 3.24. The summed E-state index contributed by atoms with van der Waals surface area (Å²) in [5, 5.41) is 10.8. The minimum atomic E-state index is -0.890. The van der Waals surface area contributed by atoms with Gasteiger partial charge in [0.2, 0.25) is 6.04 Å². The molecule has 0 heterocycles. The zero-order valence-corrected chi connectivity index (χ0v) is 12.2. The van der Waals surface area contributed by atoms with E-state index in [1.807, 2.05) is 0 Å². The second-order valence-electron chi connectivity index (χ2n) is 5.24. The number of methoxy groups -OCH3 is 1. The second kappa shape index (κ2) is 6.98. The van der Waals surface area contributed by atoms with Crippen molar-refractivity contribution < 1.29 is 19.2 Å². The number of nitrogens with zero attached hydrogens (tertiary/aromatic N) is 1. The van der Waals surface area contributed by atoms with Gasteiger partial charge in [0.05, 0.1) is 13.0 Å². The van der Waals surface area contributed by atoms with Crippen LogP contribution in [0.1, 0.15) is 24.8 Å². The first-order valence-corrected chi connectivity index (χ1v) is 7.03. The number of ketones is 2. The Bertz CT molecular complexity index is 605. The van der Waals surface area contributed by atoms with Crippen LogP contribution in [0.5, 0.6) is 5.75 Å². The molecule has 1 aromatic rings.